The van der Waals surface area contributed by atoms with Crippen molar-refractivity contribution in [1.29, 1.82) is 0 Å². The molecule has 0 aliphatic carbocycles. The minimum atomic E-state index is -4.52. The van der Waals surface area contributed by atoms with Gasteiger partial charge in [-0.1, -0.05) is 17.3 Å². The molecule has 0 N–H and O–H groups in total. The third kappa shape index (κ3) is 3.51. The summed E-state index contributed by atoms with van der Waals surface area (Å²) < 4.78 is 42.1. The summed E-state index contributed by atoms with van der Waals surface area (Å²) in [6.45, 7) is -0.177. The summed E-state index contributed by atoms with van der Waals surface area (Å²) in [6.07, 6.45) is -1.44. The van der Waals surface area contributed by atoms with Gasteiger partial charge in [-0.15, -0.1) is 5.10 Å². The first-order valence-corrected chi connectivity index (χ1v) is 8.97. The number of fused-ring (bicyclic) bond motifs is 1. The van der Waals surface area contributed by atoms with Crippen molar-refractivity contribution in [3.63, 3.8) is 0 Å². The molecule has 1 aliphatic rings. The van der Waals surface area contributed by atoms with Crippen LogP contribution < -0.4 is 5.56 Å². The van der Waals surface area contributed by atoms with Gasteiger partial charge in [-0.2, -0.15) is 13.2 Å². The quantitative estimate of drug-likeness (QED) is 0.682. The maximum absolute atomic E-state index is 13.2. The Bertz CT molecular complexity index is 1060. The van der Waals surface area contributed by atoms with Crippen molar-refractivity contribution in [2.45, 2.75) is 38.1 Å². The van der Waals surface area contributed by atoms with Gasteiger partial charge < -0.3 is 0 Å². The second kappa shape index (κ2) is 7.01. The van der Waals surface area contributed by atoms with E-state index in [1.807, 2.05) is 4.90 Å². The van der Waals surface area contributed by atoms with E-state index in [2.05, 4.69) is 15.3 Å². The van der Waals surface area contributed by atoms with E-state index in [1.165, 1.54) is 6.07 Å². The predicted molar refractivity (Wildman–Crippen MR) is 95.4 cm³/mol. The van der Waals surface area contributed by atoms with E-state index in [0.29, 0.717) is 25.0 Å². The summed E-state index contributed by atoms with van der Waals surface area (Å²) in [5.41, 5.74) is 0.597. The number of hydrogen-bond donors (Lipinski definition) is 0. The Morgan fingerprint density at radius 3 is 2.75 bits per heavy atom. The zero-order valence-corrected chi connectivity index (χ0v) is 15.2. The predicted octanol–water partition coefficient (Wildman–Crippen LogP) is 2.42. The van der Waals surface area contributed by atoms with E-state index in [1.54, 1.807) is 36.1 Å². The summed E-state index contributed by atoms with van der Waals surface area (Å²) in [6, 6.07) is 6.13. The Balaban J connectivity index is 1.80. The van der Waals surface area contributed by atoms with Crippen molar-refractivity contribution in [3.8, 4) is 0 Å². The Morgan fingerprint density at radius 2 is 2.04 bits per heavy atom. The summed E-state index contributed by atoms with van der Waals surface area (Å²) in [4.78, 5) is 19.4. The first-order chi connectivity index (χ1) is 13.3. The van der Waals surface area contributed by atoms with E-state index < -0.39 is 18.3 Å². The average molecular weight is 392 g/mol. The van der Waals surface area contributed by atoms with Crippen LogP contribution >= 0.6 is 0 Å². The fourth-order valence-corrected chi connectivity index (χ4v) is 3.74. The number of aromatic nitrogens is 5. The maximum atomic E-state index is 13.2. The van der Waals surface area contributed by atoms with Gasteiger partial charge in [-0.3, -0.25) is 18.9 Å². The molecule has 0 bridgehead atoms. The van der Waals surface area contributed by atoms with Crippen molar-refractivity contribution < 1.29 is 13.2 Å². The van der Waals surface area contributed by atoms with Crippen molar-refractivity contribution >= 4 is 10.9 Å². The van der Waals surface area contributed by atoms with Gasteiger partial charge in [0.1, 0.15) is 12.4 Å². The van der Waals surface area contributed by atoms with Gasteiger partial charge in [0.15, 0.2) is 0 Å². The Hall–Kier alpha value is -2.75. The molecule has 3 heterocycles. The molecular formula is C18H19F3N6O. The minimum Gasteiger partial charge on any atom is -0.288 e. The molecule has 1 saturated heterocycles. The SMILES string of the molecule is Cn1nncc1CN1CCCC1c1nc2ccccc2c(=O)n1CC(F)(F)F. The van der Waals surface area contributed by atoms with Crippen molar-refractivity contribution in [2.24, 2.45) is 7.05 Å². The number of nitrogens with zero attached hydrogens (tertiary/aromatic N) is 6. The highest BCUT2D eigenvalue weighted by Crippen LogP contribution is 2.33. The summed E-state index contributed by atoms with van der Waals surface area (Å²) in [7, 11) is 1.77. The first kappa shape index (κ1) is 18.6. The number of rotatable bonds is 4. The molecule has 2 aromatic heterocycles. The fraction of sp³-hybridized carbons (Fsp3) is 0.444. The number of aryl methyl sites for hydroxylation is 1. The Labute approximate surface area is 158 Å². The van der Waals surface area contributed by atoms with Crippen LogP contribution in [0.5, 0.6) is 0 Å². The van der Waals surface area contributed by atoms with Gasteiger partial charge in [0, 0.05) is 13.6 Å². The van der Waals surface area contributed by atoms with Crippen molar-refractivity contribution in [3.05, 3.63) is 52.3 Å². The maximum Gasteiger partial charge on any atom is 0.406 e. The molecule has 1 aliphatic heterocycles. The molecule has 4 rings (SSSR count). The highest BCUT2D eigenvalue weighted by atomic mass is 19.4. The molecule has 0 radical (unpaired) electrons. The van der Waals surface area contributed by atoms with Gasteiger partial charge in [0.25, 0.3) is 5.56 Å². The molecule has 3 aromatic rings. The number of hydrogen-bond acceptors (Lipinski definition) is 5. The number of alkyl halides is 3. The zero-order chi connectivity index (χ0) is 19.9. The molecular weight excluding hydrogens is 373 g/mol. The van der Waals surface area contributed by atoms with E-state index in [0.717, 1.165) is 16.7 Å². The van der Waals surface area contributed by atoms with Crippen molar-refractivity contribution in [2.75, 3.05) is 6.54 Å². The lowest BCUT2D eigenvalue weighted by molar-refractivity contribution is -0.142. The van der Waals surface area contributed by atoms with Gasteiger partial charge >= 0.3 is 6.18 Å². The molecule has 0 saturated carbocycles. The van der Waals surface area contributed by atoms with Crippen LogP contribution in [0.2, 0.25) is 0 Å². The van der Waals surface area contributed by atoms with Gasteiger partial charge in [0.05, 0.1) is 28.8 Å². The number of para-hydroxylation sites is 1. The molecule has 0 amide bonds. The van der Waals surface area contributed by atoms with Crippen LogP contribution in [0.4, 0.5) is 13.2 Å². The van der Waals surface area contributed by atoms with Crippen LogP contribution in [0.3, 0.4) is 0 Å². The zero-order valence-electron chi connectivity index (χ0n) is 15.2. The van der Waals surface area contributed by atoms with Gasteiger partial charge in [-0.05, 0) is 31.5 Å². The van der Waals surface area contributed by atoms with Crippen LogP contribution in [0.1, 0.15) is 30.4 Å². The van der Waals surface area contributed by atoms with Crippen LogP contribution in [-0.2, 0) is 20.1 Å². The second-order valence-electron chi connectivity index (χ2n) is 6.97. The number of halogens is 3. The molecule has 10 heteroatoms. The summed E-state index contributed by atoms with van der Waals surface area (Å²) in [5.74, 6) is 0.161. The lowest BCUT2D eigenvalue weighted by Crippen LogP contribution is -2.35. The monoisotopic (exact) mass is 392 g/mol. The molecule has 148 valence electrons. The normalized spacial score (nSPS) is 18.2. The topological polar surface area (TPSA) is 68.8 Å². The van der Waals surface area contributed by atoms with E-state index in [9.17, 15) is 18.0 Å². The van der Waals surface area contributed by atoms with Gasteiger partial charge in [-0.25, -0.2) is 4.98 Å². The van der Waals surface area contributed by atoms with E-state index in [-0.39, 0.29) is 17.3 Å². The van der Waals surface area contributed by atoms with Crippen molar-refractivity contribution in [1.82, 2.24) is 29.4 Å². The lowest BCUT2D eigenvalue weighted by atomic mass is 10.1. The first-order valence-electron chi connectivity index (χ1n) is 8.97. The molecule has 1 aromatic carbocycles. The lowest BCUT2D eigenvalue weighted by Gasteiger charge is -2.26. The fourth-order valence-electron chi connectivity index (χ4n) is 3.74. The second-order valence-corrected chi connectivity index (χ2v) is 6.97. The van der Waals surface area contributed by atoms with Crippen LogP contribution in [0, 0.1) is 0 Å². The van der Waals surface area contributed by atoms with E-state index >= 15 is 0 Å². The number of benzene rings is 1. The van der Waals surface area contributed by atoms with Crippen LogP contribution in [0.15, 0.2) is 35.3 Å². The Kier molecular flexibility index (Phi) is 4.66. The Morgan fingerprint density at radius 1 is 1.25 bits per heavy atom. The summed E-state index contributed by atoms with van der Waals surface area (Å²) in [5, 5.41) is 7.94. The molecule has 0 spiro atoms. The standard InChI is InChI=1S/C18H19F3N6O/c1-25-12(9-22-24-25)10-26-8-4-7-15(26)16-23-14-6-3-2-5-13(14)17(28)27(16)11-18(19,20)21/h2-3,5-6,9,15H,4,7-8,10-11H2,1H3. The number of likely N-dealkylation sites (tertiary alicyclic amines) is 1. The largest absolute Gasteiger partial charge is 0.406 e. The summed E-state index contributed by atoms with van der Waals surface area (Å²) >= 11 is 0. The molecule has 1 atom stereocenters. The smallest absolute Gasteiger partial charge is 0.288 e. The highest BCUT2D eigenvalue weighted by Gasteiger charge is 2.35. The minimum absolute atomic E-state index is 0.161. The van der Waals surface area contributed by atoms with Gasteiger partial charge in [0.2, 0.25) is 0 Å². The average Bonchev–Trinajstić information content (AvgIpc) is 3.26. The van der Waals surface area contributed by atoms with E-state index in [4.69, 9.17) is 0 Å². The molecule has 1 unspecified atom stereocenters. The van der Waals surface area contributed by atoms with Crippen LogP contribution in [0.25, 0.3) is 10.9 Å². The molecule has 28 heavy (non-hydrogen) atoms. The third-order valence-electron chi connectivity index (χ3n) is 5.06. The van der Waals surface area contributed by atoms with Crippen LogP contribution in [-0.4, -0.2) is 42.2 Å². The third-order valence-corrected chi connectivity index (χ3v) is 5.06. The molecule has 1 fully saturated rings. The highest BCUT2D eigenvalue weighted by molar-refractivity contribution is 5.77. The molecule has 7 nitrogen and oxygen atoms in total.